The van der Waals surface area contributed by atoms with Crippen molar-refractivity contribution >= 4 is 17.0 Å². The van der Waals surface area contributed by atoms with Crippen molar-refractivity contribution < 1.29 is 0 Å². The lowest BCUT2D eigenvalue weighted by molar-refractivity contribution is 0.501. The van der Waals surface area contributed by atoms with Crippen molar-refractivity contribution in [2.24, 2.45) is 4.99 Å². The van der Waals surface area contributed by atoms with Crippen molar-refractivity contribution in [2.75, 3.05) is 13.1 Å². The third-order valence-electron chi connectivity index (χ3n) is 2.98. The Morgan fingerprint density at radius 2 is 2.05 bits per heavy atom. The summed E-state index contributed by atoms with van der Waals surface area (Å²) in [6.07, 6.45) is 1.88. The molecule has 114 valence electrons. The zero-order chi connectivity index (χ0) is 15.3. The van der Waals surface area contributed by atoms with E-state index in [4.69, 9.17) is 0 Å². The summed E-state index contributed by atoms with van der Waals surface area (Å²) in [6, 6.07) is 8.16. The summed E-state index contributed by atoms with van der Waals surface area (Å²) in [5.74, 6) is 0.856. The molecule has 5 nitrogen and oxygen atoms in total. The van der Waals surface area contributed by atoms with E-state index in [2.05, 4.69) is 58.9 Å². The number of benzene rings is 1. The second kappa shape index (κ2) is 6.61. The second-order valence-electron chi connectivity index (χ2n) is 6.06. The first kappa shape index (κ1) is 15.4. The Hall–Kier alpha value is -2.04. The van der Waals surface area contributed by atoms with E-state index in [0.717, 1.165) is 30.1 Å². The molecule has 0 amide bonds. The predicted molar refractivity (Wildman–Crippen MR) is 88.6 cm³/mol. The maximum absolute atomic E-state index is 4.63. The van der Waals surface area contributed by atoms with Crippen LogP contribution >= 0.6 is 0 Å². The zero-order valence-corrected chi connectivity index (χ0v) is 13.3. The monoisotopic (exact) mass is 287 g/mol. The standard InChI is InChI=1S/C16H25N5/c1-5-17-15(20-16(2,3)4)18-10-11-21-12-19-13-8-6-7-9-14(13)21/h6-9,12H,5,10-11H2,1-4H3,(H2,17,18,20). The zero-order valence-electron chi connectivity index (χ0n) is 13.3. The molecule has 0 fully saturated rings. The Kier molecular flexibility index (Phi) is 4.83. The molecule has 2 rings (SSSR count). The van der Waals surface area contributed by atoms with Gasteiger partial charge in [-0.05, 0) is 39.8 Å². The summed E-state index contributed by atoms with van der Waals surface area (Å²) < 4.78 is 2.14. The summed E-state index contributed by atoms with van der Waals surface area (Å²) in [6.45, 7) is 10.8. The van der Waals surface area contributed by atoms with Gasteiger partial charge in [-0.25, -0.2) is 4.98 Å². The first-order chi connectivity index (χ1) is 9.99. The van der Waals surface area contributed by atoms with E-state index in [-0.39, 0.29) is 5.54 Å². The van der Waals surface area contributed by atoms with Crippen LogP contribution in [-0.4, -0.2) is 34.1 Å². The first-order valence-electron chi connectivity index (χ1n) is 7.46. The third kappa shape index (κ3) is 4.48. The van der Waals surface area contributed by atoms with E-state index in [0.29, 0.717) is 6.54 Å². The highest BCUT2D eigenvalue weighted by Crippen LogP contribution is 2.11. The van der Waals surface area contributed by atoms with Gasteiger partial charge in [0.05, 0.1) is 23.9 Å². The van der Waals surface area contributed by atoms with Crippen molar-refractivity contribution in [3.63, 3.8) is 0 Å². The maximum Gasteiger partial charge on any atom is 0.191 e. The number of aliphatic imine (C=N–C) groups is 1. The maximum atomic E-state index is 4.63. The highest BCUT2D eigenvalue weighted by atomic mass is 15.2. The van der Waals surface area contributed by atoms with Gasteiger partial charge in [-0.15, -0.1) is 0 Å². The Bertz CT molecular complexity index is 606. The van der Waals surface area contributed by atoms with Gasteiger partial charge in [0.1, 0.15) is 0 Å². The highest BCUT2D eigenvalue weighted by molar-refractivity contribution is 5.80. The molecule has 1 heterocycles. The largest absolute Gasteiger partial charge is 0.357 e. The molecule has 0 atom stereocenters. The second-order valence-corrected chi connectivity index (χ2v) is 6.06. The van der Waals surface area contributed by atoms with Crippen molar-refractivity contribution in [3.8, 4) is 0 Å². The topological polar surface area (TPSA) is 54.2 Å². The Labute approximate surface area is 126 Å². The molecule has 0 bridgehead atoms. The van der Waals surface area contributed by atoms with Crippen molar-refractivity contribution in [1.82, 2.24) is 20.2 Å². The van der Waals surface area contributed by atoms with Gasteiger partial charge in [0.2, 0.25) is 0 Å². The van der Waals surface area contributed by atoms with E-state index in [1.54, 1.807) is 0 Å². The van der Waals surface area contributed by atoms with Crippen LogP contribution in [-0.2, 0) is 6.54 Å². The fourth-order valence-electron chi connectivity index (χ4n) is 2.12. The normalized spacial score (nSPS) is 12.7. The van der Waals surface area contributed by atoms with Crippen LogP contribution in [0.25, 0.3) is 11.0 Å². The van der Waals surface area contributed by atoms with Crippen LogP contribution in [0, 0.1) is 0 Å². The minimum atomic E-state index is 0.00268. The van der Waals surface area contributed by atoms with Crippen molar-refractivity contribution in [2.45, 2.75) is 39.8 Å². The lowest BCUT2D eigenvalue weighted by atomic mass is 10.1. The SMILES string of the molecule is CCNC(=NCCn1cnc2ccccc21)NC(C)(C)C. The number of guanidine groups is 1. The number of para-hydroxylation sites is 2. The molecule has 0 saturated heterocycles. The van der Waals surface area contributed by atoms with E-state index in [1.807, 2.05) is 24.5 Å². The quantitative estimate of drug-likeness (QED) is 0.670. The van der Waals surface area contributed by atoms with Crippen LogP contribution in [0.1, 0.15) is 27.7 Å². The minimum Gasteiger partial charge on any atom is -0.357 e. The highest BCUT2D eigenvalue weighted by Gasteiger charge is 2.11. The van der Waals surface area contributed by atoms with E-state index in [1.165, 1.54) is 0 Å². The molecule has 0 spiro atoms. The van der Waals surface area contributed by atoms with Gasteiger partial charge >= 0.3 is 0 Å². The Morgan fingerprint density at radius 3 is 2.76 bits per heavy atom. The first-order valence-corrected chi connectivity index (χ1v) is 7.46. The number of aromatic nitrogens is 2. The van der Waals surface area contributed by atoms with Gasteiger partial charge in [-0.1, -0.05) is 12.1 Å². The molecule has 21 heavy (non-hydrogen) atoms. The van der Waals surface area contributed by atoms with Crippen LogP contribution in [0.5, 0.6) is 0 Å². The molecule has 1 aromatic heterocycles. The lowest BCUT2D eigenvalue weighted by Crippen LogP contribution is -2.47. The number of hydrogen-bond donors (Lipinski definition) is 2. The molecular formula is C16H25N5. The molecular weight excluding hydrogens is 262 g/mol. The van der Waals surface area contributed by atoms with Crippen molar-refractivity contribution in [3.05, 3.63) is 30.6 Å². The molecule has 2 N–H and O–H groups in total. The lowest BCUT2D eigenvalue weighted by Gasteiger charge is -2.23. The fraction of sp³-hybridized carbons (Fsp3) is 0.500. The molecule has 0 aliphatic heterocycles. The Morgan fingerprint density at radius 1 is 1.29 bits per heavy atom. The van der Waals surface area contributed by atoms with Gasteiger partial charge in [-0.2, -0.15) is 0 Å². The minimum absolute atomic E-state index is 0.00268. The average molecular weight is 287 g/mol. The van der Waals surface area contributed by atoms with Gasteiger partial charge < -0.3 is 15.2 Å². The number of fused-ring (bicyclic) bond motifs is 1. The van der Waals surface area contributed by atoms with E-state index >= 15 is 0 Å². The van der Waals surface area contributed by atoms with Crippen LogP contribution in [0.15, 0.2) is 35.6 Å². The van der Waals surface area contributed by atoms with Gasteiger partial charge in [0, 0.05) is 18.6 Å². The van der Waals surface area contributed by atoms with Crippen LogP contribution < -0.4 is 10.6 Å². The predicted octanol–water partition coefficient (Wildman–Crippen LogP) is 2.39. The van der Waals surface area contributed by atoms with Gasteiger partial charge in [0.25, 0.3) is 0 Å². The summed E-state index contributed by atoms with van der Waals surface area (Å²) in [4.78, 5) is 9.02. The summed E-state index contributed by atoms with van der Waals surface area (Å²) in [5.41, 5.74) is 2.19. The van der Waals surface area contributed by atoms with E-state index < -0.39 is 0 Å². The smallest absolute Gasteiger partial charge is 0.191 e. The number of rotatable bonds is 4. The van der Waals surface area contributed by atoms with Crippen LogP contribution in [0.4, 0.5) is 0 Å². The molecule has 0 aliphatic rings. The summed E-state index contributed by atoms with van der Waals surface area (Å²) in [7, 11) is 0. The van der Waals surface area contributed by atoms with Crippen LogP contribution in [0.2, 0.25) is 0 Å². The average Bonchev–Trinajstić information content (AvgIpc) is 2.81. The summed E-state index contributed by atoms with van der Waals surface area (Å²) >= 11 is 0. The molecule has 1 aromatic carbocycles. The summed E-state index contributed by atoms with van der Waals surface area (Å²) in [5, 5.41) is 6.66. The fourth-order valence-corrected chi connectivity index (χ4v) is 2.12. The van der Waals surface area contributed by atoms with Crippen molar-refractivity contribution in [1.29, 1.82) is 0 Å². The number of hydrogen-bond acceptors (Lipinski definition) is 2. The number of nitrogens with one attached hydrogen (secondary N) is 2. The molecule has 0 radical (unpaired) electrons. The Balaban J connectivity index is 2.02. The van der Waals surface area contributed by atoms with Crippen LogP contribution in [0.3, 0.4) is 0 Å². The molecule has 5 heteroatoms. The van der Waals surface area contributed by atoms with E-state index in [9.17, 15) is 0 Å². The number of nitrogens with zero attached hydrogens (tertiary/aromatic N) is 3. The molecule has 0 saturated carbocycles. The third-order valence-corrected chi connectivity index (χ3v) is 2.98. The molecule has 0 aliphatic carbocycles. The number of imidazole rings is 1. The van der Waals surface area contributed by atoms with Gasteiger partial charge in [-0.3, -0.25) is 4.99 Å². The molecule has 2 aromatic rings. The van der Waals surface area contributed by atoms with Gasteiger partial charge in [0.15, 0.2) is 5.96 Å². The molecule has 0 unspecified atom stereocenters.